The van der Waals surface area contributed by atoms with Crippen molar-refractivity contribution in [3.05, 3.63) is 29.8 Å². The molecule has 2 atom stereocenters. The first kappa shape index (κ1) is 11.5. The van der Waals surface area contributed by atoms with Gasteiger partial charge in [-0.05, 0) is 30.9 Å². The van der Waals surface area contributed by atoms with Crippen molar-refractivity contribution in [1.82, 2.24) is 0 Å². The average Bonchev–Trinajstić information content (AvgIpc) is 2.57. The minimum atomic E-state index is 0.228. The summed E-state index contributed by atoms with van der Waals surface area (Å²) >= 11 is 0. The van der Waals surface area contributed by atoms with Gasteiger partial charge in [0.2, 0.25) is 0 Å². The summed E-state index contributed by atoms with van der Waals surface area (Å²) in [6.45, 7) is 7.74. The second-order valence-corrected chi connectivity index (χ2v) is 5.31. The van der Waals surface area contributed by atoms with Crippen LogP contribution in [0.25, 0.3) is 0 Å². The molecule has 1 aromatic carbocycles. The van der Waals surface area contributed by atoms with Crippen LogP contribution in [-0.4, -0.2) is 18.6 Å². The number of benzene rings is 1. The zero-order chi connectivity index (χ0) is 11.7. The highest BCUT2D eigenvalue weighted by Crippen LogP contribution is 2.33. The largest absolute Gasteiger partial charge is 0.366 e. The van der Waals surface area contributed by atoms with Crippen molar-refractivity contribution in [3.63, 3.8) is 0 Å². The van der Waals surface area contributed by atoms with Gasteiger partial charge >= 0.3 is 0 Å². The van der Waals surface area contributed by atoms with Crippen molar-refractivity contribution in [1.29, 1.82) is 0 Å². The van der Waals surface area contributed by atoms with Gasteiger partial charge in [-0.1, -0.05) is 32.0 Å². The Bertz CT molecular complexity index is 358. The quantitative estimate of drug-likeness (QED) is 0.844. The first-order chi connectivity index (χ1) is 7.59. The minimum absolute atomic E-state index is 0.228. The number of hydrogen-bond acceptors (Lipinski definition) is 2. The lowest BCUT2D eigenvalue weighted by Gasteiger charge is -2.31. The van der Waals surface area contributed by atoms with Crippen LogP contribution in [0.15, 0.2) is 24.3 Å². The molecule has 1 heterocycles. The molecule has 2 nitrogen and oxygen atoms in total. The second kappa shape index (κ2) is 4.46. The molecule has 1 aromatic rings. The summed E-state index contributed by atoms with van der Waals surface area (Å²) in [6, 6.07) is 9.39. The number of anilines is 1. The molecule has 0 amide bonds. The first-order valence-electron chi connectivity index (χ1n) is 6.19. The van der Waals surface area contributed by atoms with Crippen LogP contribution in [0.4, 0.5) is 5.69 Å². The summed E-state index contributed by atoms with van der Waals surface area (Å²) in [7, 11) is 0. The van der Waals surface area contributed by atoms with Crippen LogP contribution < -0.4 is 10.6 Å². The maximum Gasteiger partial charge on any atom is 0.0479 e. The molecule has 0 saturated heterocycles. The molecule has 2 heteroatoms. The van der Waals surface area contributed by atoms with E-state index in [1.165, 1.54) is 11.3 Å². The molecule has 1 aliphatic heterocycles. The van der Waals surface area contributed by atoms with Gasteiger partial charge in [-0.2, -0.15) is 0 Å². The molecule has 0 radical (unpaired) electrons. The number of rotatable bonds is 3. The van der Waals surface area contributed by atoms with E-state index in [0.717, 1.165) is 13.0 Å². The van der Waals surface area contributed by atoms with Crippen LogP contribution >= 0.6 is 0 Å². The van der Waals surface area contributed by atoms with E-state index in [2.05, 4.69) is 49.9 Å². The lowest BCUT2D eigenvalue weighted by atomic mass is 10.0. The molecule has 2 rings (SSSR count). The summed E-state index contributed by atoms with van der Waals surface area (Å²) in [4.78, 5) is 2.49. The summed E-state index contributed by atoms with van der Waals surface area (Å²) in [5.74, 6) is 0.674. The second-order valence-electron chi connectivity index (χ2n) is 5.31. The molecule has 0 saturated carbocycles. The van der Waals surface area contributed by atoms with Gasteiger partial charge in [0.1, 0.15) is 0 Å². The summed E-state index contributed by atoms with van der Waals surface area (Å²) in [6.07, 6.45) is 1.10. The topological polar surface area (TPSA) is 29.3 Å². The van der Waals surface area contributed by atoms with Gasteiger partial charge in [-0.3, -0.25) is 0 Å². The Kier molecular flexibility index (Phi) is 3.20. The Balaban J connectivity index is 2.28. The zero-order valence-electron chi connectivity index (χ0n) is 10.5. The highest BCUT2D eigenvalue weighted by atomic mass is 15.2. The fourth-order valence-corrected chi connectivity index (χ4v) is 2.57. The predicted octanol–water partition coefficient (Wildman–Crippen LogP) is 2.42. The molecule has 2 N–H and O–H groups in total. The van der Waals surface area contributed by atoms with Crippen molar-refractivity contribution in [2.24, 2.45) is 11.7 Å². The van der Waals surface area contributed by atoms with Crippen LogP contribution in [0.2, 0.25) is 0 Å². The molecule has 88 valence electrons. The third kappa shape index (κ3) is 2.07. The molecule has 0 spiro atoms. The smallest absolute Gasteiger partial charge is 0.0479 e. The maximum atomic E-state index is 6.10. The lowest BCUT2D eigenvalue weighted by molar-refractivity contribution is 0.495. The standard InChI is InChI=1S/C14H22N2/c1-10(2)9-16-13-7-5-4-6-12(13)8-14(16)11(3)15/h4-7,10-11,14H,8-9,15H2,1-3H3. The molecule has 0 fully saturated rings. The highest BCUT2D eigenvalue weighted by Gasteiger charge is 2.31. The predicted molar refractivity (Wildman–Crippen MR) is 69.8 cm³/mol. The fourth-order valence-electron chi connectivity index (χ4n) is 2.57. The van der Waals surface area contributed by atoms with Crippen LogP contribution in [0.5, 0.6) is 0 Å². The van der Waals surface area contributed by atoms with Crippen molar-refractivity contribution < 1.29 is 0 Å². The highest BCUT2D eigenvalue weighted by molar-refractivity contribution is 5.59. The van der Waals surface area contributed by atoms with Gasteiger partial charge in [-0.25, -0.2) is 0 Å². The van der Waals surface area contributed by atoms with Gasteiger partial charge < -0.3 is 10.6 Å². The van der Waals surface area contributed by atoms with E-state index in [4.69, 9.17) is 5.73 Å². The molecule has 0 aromatic heterocycles. The van der Waals surface area contributed by atoms with Gasteiger partial charge in [0.15, 0.2) is 0 Å². The third-order valence-corrected chi connectivity index (χ3v) is 3.30. The normalized spacial score (nSPS) is 21.3. The molecule has 16 heavy (non-hydrogen) atoms. The SMILES string of the molecule is CC(C)CN1c2ccccc2CC1C(C)N. The van der Waals surface area contributed by atoms with Crippen molar-refractivity contribution in [2.75, 3.05) is 11.4 Å². The van der Waals surface area contributed by atoms with E-state index < -0.39 is 0 Å². The molecule has 0 aliphatic carbocycles. The van der Waals surface area contributed by atoms with Crippen LogP contribution in [0.3, 0.4) is 0 Å². The number of nitrogens with zero attached hydrogens (tertiary/aromatic N) is 1. The van der Waals surface area contributed by atoms with Crippen LogP contribution in [0.1, 0.15) is 26.3 Å². The summed E-state index contributed by atoms with van der Waals surface area (Å²) in [5.41, 5.74) is 8.94. The Labute approximate surface area is 98.4 Å². The fraction of sp³-hybridized carbons (Fsp3) is 0.571. The van der Waals surface area contributed by atoms with E-state index in [-0.39, 0.29) is 6.04 Å². The summed E-state index contributed by atoms with van der Waals surface area (Å²) in [5, 5.41) is 0. The lowest BCUT2D eigenvalue weighted by Crippen LogP contribution is -2.45. The Hall–Kier alpha value is -1.02. The maximum absolute atomic E-state index is 6.10. The van der Waals surface area contributed by atoms with E-state index in [0.29, 0.717) is 12.0 Å². The minimum Gasteiger partial charge on any atom is -0.366 e. The third-order valence-electron chi connectivity index (χ3n) is 3.30. The van der Waals surface area contributed by atoms with Gasteiger partial charge in [-0.15, -0.1) is 0 Å². The number of nitrogens with two attached hydrogens (primary N) is 1. The molecule has 2 unspecified atom stereocenters. The van der Waals surface area contributed by atoms with E-state index >= 15 is 0 Å². The van der Waals surface area contributed by atoms with Crippen molar-refractivity contribution in [3.8, 4) is 0 Å². The van der Waals surface area contributed by atoms with Crippen LogP contribution in [-0.2, 0) is 6.42 Å². The number of fused-ring (bicyclic) bond motifs is 1. The first-order valence-corrected chi connectivity index (χ1v) is 6.19. The zero-order valence-corrected chi connectivity index (χ0v) is 10.5. The Morgan fingerprint density at radius 2 is 2.00 bits per heavy atom. The monoisotopic (exact) mass is 218 g/mol. The Morgan fingerprint density at radius 1 is 1.31 bits per heavy atom. The van der Waals surface area contributed by atoms with Gasteiger partial charge in [0.05, 0.1) is 0 Å². The van der Waals surface area contributed by atoms with Crippen LogP contribution in [0, 0.1) is 5.92 Å². The van der Waals surface area contributed by atoms with Crippen molar-refractivity contribution >= 4 is 5.69 Å². The molecular weight excluding hydrogens is 196 g/mol. The Morgan fingerprint density at radius 3 is 2.62 bits per heavy atom. The molecular formula is C14H22N2. The molecule has 0 bridgehead atoms. The number of hydrogen-bond donors (Lipinski definition) is 1. The number of para-hydroxylation sites is 1. The van der Waals surface area contributed by atoms with E-state index in [9.17, 15) is 0 Å². The van der Waals surface area contributed by atoms with Gasteiger partial charge in [0.25, 0.3) is 0 Å². The van der Waals surface area contributed by atoms with E-state index in [1.807, 2.05) is 0 Å². The van der Waals surface area contributed by atoms with Crippen molar-refractivity contribution in [2.45, 2.75) is 39.3 Å². The van der Waals surface area contributed by atoms with E-state index in [1.54, 1.807) is 0 Å². The van der Waals surface area contributed by atoms with Gasteiger partial charge in [0, 0.05) is 24.3 Å². The summed E-state index contributed by atoms with van der Waals surface area (Å²) < 4.78 is 0. The average molecular weight is 218 g/mol. The molecule has 1 aliphatic rings.